The largest absolute Gasteiger partial charge is 0.361 e. The van der Waals surface area contributed by atoms with Crippen LogP contribution < -0.4 is 10.6 Å². The first-order chi connectivity index (χ1) is 10.6. The van der Waals surface area contributed by atoms with Crippen molar-refractivity contribution in [3.05, 3.63) is 52.4 Å². The third-order valence-corrected chi connectivity index (χ3v) is 3.78. The number of hydrogen-bond donors (Lipinski definition) is 2. The van der Waals surface area contributed by atoms with Gasteiger partial charge in [-0.15, -0.1) is 0 Å². The molecule has 5 nitrogen and oxygen atoms in total. The molecule has 2 aromatic rings. The molecular weight excluding hydrogens is 276 g/mol. The molecule has 0 atom stereocenters. The molecule has 0 saturated heterocycles. The number of aliphatic imine (C=N–C) groups is 1. The first-order valence-corrected chi connectivity index (χ1v) is 7.52. The van der Waals surface area contributed by atoms with Crippen LogP contribution in [0, 0.1) is 20.8 Å². The number of nitrogens with one attached hydrogen (secondary N) is 2. The van der Waals surface area contributed by atoms with Gasteiger partial charge in [0.15, 0.2) is 5.96 Å². The predicted octanol–water partition coefficient (Wildman–Crippen LogP) is 2.51. The van der Waals surface area contributed by atoms with Crippen LogP contribution in [0.4, 0.5) is 0 Å². The van der Waals surface area contributed by atoms with Crippen LogP contribution in [0.3, 0.4) is 0 Å². The molecule has 2 N–H and O–H groups in total. The molecule has 0 spiro atoms. The van der Waals surface area contributed by atoms with Crippen LogP contribution in [-0.4, -0.2) is 24.7 Å². The molecule has 1 aromatic carbocycles. The van der Waals surface area contributed by atoms with E-state index < -0.39 is 0 Å². The molecule has 0 bridgehead atoms. The van der Waals surface area contributed by atoms with Crippen LogP contribution in [-0.2, 0) is 13.0 Å². The second-order valence-corrected chi connectivity index (χ2v) is 5.33. The van der Waals surface area contributed by atoms with Crippen molar-refractivity contribution in [3.63, 3.8) is 0 Å². The van der Waals surface area contributed by atoms with Crippen molar-refractivity contribution in [2.75, 3.05) is 13.6 Å². The number of nitrogens with zero attached hydrogens (tertiary/aromatic N) is 2. The van der Waals surface area contributed by atoms with E-state index in [1.54, 1.807) is 7.05 Å². The molecule has 0 amide bonds. The number of aromatic nitrogens is 1. The van der Waals surface area contributed by atoms with Crippen LogP contribution in [0.5, 0.6) is 0 Å². The zero-order valence-electron chi connectivity index (χ0n) is 13.7. The number of guanidine groups is 1. The minimum Gasteiger partial charge on any atom is -0.361 e. The number of rotatable bonds is 5. The lowest BCUT2D eigenvalue weighted by Crippen LogP contribution is -2.38. The Morgan fingerprint density at radius 1 is 1.18 bits per heavy atom. The van der Waals surface area contributed by atoms with Crippen LogP contribution in [0.1, 0.15) is 28.1 Å². The second-order valence-electron chi connectivity index (χ2n) is 5.33. The minimum absolute atomic E-state index is 0.762. The van der Waals surface area contributed by atoms with E-state index in [1.165, 1.54) is 16.7 Å². The number of hydrogen-bond acceptors (Lipinski definition) is 3. The van der Waals surface area contributed by atoms with Gasteiger partial charge in [-0.05, 0) is 38.3 Å². The van der Waals surface area contributed by atoms with Crippen molar-refractivity contribution in [1.82, 2.24) is 15.8 Å². The molecule has 0 aliphatic rings. The Balaban J connectivity index is 1.82. The highest BCUT2D eigenvalue weighted by atomic mass is 16.5. The molecule has 0 aliphatic heterocycles. The normalized spacial score (nSPS) is 11.5. The van der Waals surface area contributed by atoms with Crippen molar-refractivity contribution in [1.29, 1.82) is 0 Å². The summed E-state index contributed by atoms with van der Waals surface area (Å²) in [6.45, 7) is 7.58. The van der Waals surface area contributed by atoms with Crippen LogP contribution >= 0.6 is 0 Å². The van der Waals surface area contributed by atoms with Gasteiger partial charge in [0.25, 0.3) is 0 Å². The quantitative estimate of drug-likeness (QED) is 0.658. The van der Waals surface area contributed by atoms with Crippen molar-refractivity contribution < 1.29 is 4.52 Å². The summed E-state index contributed by atoms with van der Waals surface area (Å²) in [5, 5.41) is 10.6. The summed E-state index contributed by atoms with van der Waals surface area (Å²) in [5.74, 6) is 1.69. The van der Waals surface area contributed by atoms with Gasteiger partial charge in [-0.1, -0.05) is 29.4 Å². The van der Waals surface area contributed by atoms with E-state index >= 15 is 0 Å². The third kappa shape index (κ3) is 4.10. The standard InChI is InChI=1S/C17H24N4O/c1-12-7-5-6-8-15(12)11-20-17(18-4)19-10-9-16-13(2)21-22-14(16)3/h5-8H,9-11H2,1-4H3,(H2,18,19,20). The molecule has 5 heteroatoms. The maximum atomic E-state index is 5.17. The molecule has 0 unspecified atom stereocenters. The fraction of sp³-hybridized carbons (Fsp3) is 0.412. The zero-order chi connectivity index (χ0) is 15.9. The molecule has 1 aromatic heterocycles. The van der Waals surface area contributed by atoms with Crippen molar-refractivity contribution in [2.24, 2.45) is 4.99 Å². The van der Waals surface area contributed by atoms with E-state index in [0.717, 1.165) is 36.9 Å². The van der Waals surface area contributed by atoms with Gasteiger partial charge < -0.3 is 15.2 Å². The van der Waals surface area contributed by atoms with Gasteiger partial charge in [-0.25, -0.2) is 0 Å². The predicted molar refractivity (Wildman–Crippen MR) is 89.1 cm³/mol. The highest BCUT2D eigenvalue weighted by molar-refractivity contribution is 5.79. The van der Waals surface area contributed by atoms with Gasteiger partial charge >= 0.3 is 0 Å². The lowest BCUT2D eigenvalue weighted by atomic mass is 10.1. The molecule has 0 fully saturated rings. The van der Waals surface area contributed by atoms with E-state index in [-0.39, 0.29) is 0 Å². The van der Waals surface area contributed by atoms with Gasteiger partial charge in [-0.2, -0.15) is 0 Å². The lowest BCUT2D eigenvalue weighted by Gasteiger charge is -2.13. The van der Waals surface area contributed by atoms with Gasteiger partial charge in [0.1, 0.15) is 5.76 Å². The Bertz CT molecular complexity index is 626. The Morgan fingerprint density at radius 2 is 1.95 bits per heavy atom. The Labute approximate surface area is 131 Å². The number of benzene rings is 1. The summed E-state index contributed by atoms with van der Waals surface area (Å²) in [7, 11) is 1.78. The van der Waals surface area contributed by atoms with Crippen molar-refractivity contribution >= 4 is 5.96 Å². The maximum absolute atomic E-state index is 5.17. The first kappa shape index (κ1) is 16.1. The lowest BCUT2D eigenvalue weighted by molar-refractivity contribution is 0.392. The summed E-state index contributed by atoms with van der Waals surface area (Å²) in [4.78, 5) is 4.25. The summed E-state index contributed by atoms with van der Waals surface area (Å²) < 4.78 is 5.17. The van der Waals surface area contributed by atoms with Gasteiger partial charge in [0.05, 0.1) is 5.69 Å². The Morgan fingerprint density at radius 3 is 2.59 bits per heavy atom. The van der Waals surface area contributed by atoms with Crippen LogP contribution in [0.15, 0.2) is 33.8 Å². The van der Waals surface area contributed by atoms with E-state index in [0.29, 0.717) is 0 Å². The Hall–Kier alpha value is -2.30. The number of aryl methyl sites for hydroxylation is 3. The van der Waals surface area contributed by atoms with Gasteiger partial charge in [0, 0.05) is 25.7 Å². The summed E-state index contributed by atoms with van der Waals surface area (Å²) in [5.41, 5.74) is 4.68. The monoisotopic (exact) mass is 300 g/mol. The summed E-state index contributed by atoms with van der Waals surface area (Å²) in [6.07, 6.45) is 0.867. The fourth-order valence-electron chi connectivity index (χ4n) is 2.37. The average molecular weight is 300 g/mol. The SMILES string of the molecule is CN=C(NCCc1c(C)noc1C)NCc1ccccc1C. The van der Waals surface area contributed by atoms with Crippen molar-refractivity contribution in [2.45, 2.75) is 33.7 Å². The molecule has 0 aliphatic carbocycles. The van der Waals surface area contributed by atoms with Gasteiger partial charge in [0.2, 0.25) is 0 Å². The van der Waals surface area contributed by atoms with E-state index in [1.807, 2.05) is 13.8 Å². The molecule has 0 saturated carbocycles. The first-order valence-electron chi connectivity index (χ1n) is 7.52. The van der Waals surface area contributed by atoms with E-state index in [2.05, 4.69) is 52.0 Å². The topological polar surface area (TPSA) is 62.5 Å². The smallest absolute Gasteiger partial charge is 0.191 e. The molecular formula is C17H24N4O. The summed E-state index contributed by atoms with van der Waals surface area (Å²) in [6, 6.07) is 8.34. The highest BCUT2D eigenvalue weighted by Gasteiger charge is 2.08. The third-order valence-electron chi connectivity index (χ3n) is 3.78. The molecule has 22 heavy (non-hydrogen) atoms. The average Bonchev–Trinajstić information content (AvgIpc) is 2.83. The molecule has 1 heterocycles. The minimum atomic E-state index is 0.762. The fourth-order valence-corrected chi connectivity index (χ4v) is 2.37. The Kier molecular flexibility index (Phi) is 5.58. The van der Waals surface area contributed by atoms with Gasteiger partial charge in [-0.3, -0.25) is 4.99 Å². The van der Waals surface area contributed by atoms with E-state index in [4.69, 9.17) is 4.52 Å². The highest BCUT2D eigenvalue weighted by Crippen LogP contribution is 2.12. The van der Waals surface area contributed by atoms with Crippen molar-refractivity contribution in [3.8, 4) is 0 Å². The molecule has 118 valence electrons. The second kappa shape index (κ2) is 7.64. The zero-order valence-corrected chi connectivity index (χ0v) is 13.7. The maximum Gasteiger partial charge on any atom is 0.191 e. The van der Waals surface area contributed by atoms with E-state index in [9.17, 15) is 0 Å². The molecule has 0 radical (unpaired) electrons. The molecule has 2 rings (SSSR count). The van der Waals surface area contributed by atoms with Crippen LogP contribution in [0.2, 0.25) is 0 Å². The van der Waals surface area contributed by atoms with Crippen LogP contribution in [0.25, 0.3) is 0 Å². The summed E-state index contributed by atoms with van der Waals surface area (Å²) >= 11 is 0.